The fourth-order valence-electron chi connectivity index (χ4n) is 3.72. The average molecular weight is 421 g/mol. The average Bonchev–Trinajstić information content (AvgIpc) is 3.15. The summed E-state index contributed by atoms with van der Waals surface area (Å²) >= 11 is 0. The summed E-state index contributed by atoms with van der Waals surface area (Å²) in [6.45, 7) is 10.2. The summed E-state index contributed by atoms with van der Waals surface area (Å²) in [4.78, 5) is 14.1. The molecule has 0 atom stereocenters. The molecule has 0 N–H and O–H groups in total. The van der Waals surface area contributed by atoms with Gasteiger partial charge in [0.15, 0.2) is 0 Å². The van der Waals surface area contributed by atoms with Crippen molar-refractivity contribution in [3.05, 3.63) is 52.0 Å². The lowest BCUT2D eigenvalue weighted by Gasteiger charge is -2.34. The number of rotatable bonds is 5. The Morgan fingerprint density at radius 3 is 2.17 bits per heavy atom. The van der Waals surface area contributed by atoms with Gasteiger partial charge in [0.25, 0.3) is 0 Å². The van der Waals surface area contributed by atoms with Crippen molar-refractivity contribution in [1.29, 1.82) is 0 Å². The number of hydrogen-bond donors (Lipinski definition) is 0. The molecule has 3 rings (SSSR count). The van der Waals surface area contributed by atoms with Crippen LogP contribution in [0.4, 0.5) is 0 Å². The van der Waals surface area contributed by atoms with Crippen LogP contribution in [0.15, 0.2) is 27.5 Å². The van der Waals surface area contributed by atoms with Crippen molar-refractivity contribution in [1.82, 2.24) is 9.21 Å². The van der Waals surface area contributed by atoms with Gasteiger partial charge >= 0.3 is 5.97 Å². The minimum atomic E-state index is -3.55. The van der Waals surface area contributed by atoms with E-state index in [4.69, 9.17) is 4.42 Å². The quantitative estimate of drug-likeness (QED) is 0.692. The predicted octanol–water partition coefficient (Wildman–Crippen LogP) is 2.81. The Hall–Kier alpha value is -2.16. The number of carbonyl (C=O) groups excluding carboxylic acids is 1. The van der Waals surface area contributed by atoms with E-state index in [-0.39, 0.29) is 5.76 Å². The zero-order valence-electron chi connectivity index (χ0n) is 17.6. The number of aryl methyl sites for hydroxylation is 2. The highest BCUT2D eigenvalue weighted by Gasteiger charge is 2.32. The molecule has 1 aromatic heterocycles. The standard InChI is InChI=1S/C21H28N2O5S/c1-14-12-15(2)17(4)20(16(14)3)29(25,26)23-10-8-22(9-11-23)13-18-6-7-19(28-18)21(24)27-5/h6-7,12H,8-11,13H2,1-5H3. The molecular formula is C21H28N2O5S. The Kier molecular flexibility index (Phi) is 6.16. The molecule has 1 aliphatic rings. The summed E-state index contributed by atoms with van der Waals surface area (Å²) in [5.41, 5.74) is 3.62. The van der Waals surface area contributed by atoms with Crippen LogP contribution in [-0.4, -0.2) is 56.9 Å². The number of esters is 1. The van der Waals surface area contributed by atoms with Crippen LogP contribution in [0.25, 0.3) is 0 Å². The second-order valence-electron chi connectivity index (χ2n) is 7.53. The van der Waals surface area contributed by atoms with Gasteiger partial charge in [0.1, 0.15) is 5.76 Å². The smallest absolute Gasteiger partial charge is 0.373 e. The van der Waals surface area contributed by atoms with E-state index in [0.717, 1.165) is 22.3 Å². The van der Waals surface area contributed by atoms with Crippen molar-refractivity contribution in [2.24, 2.45) is 0 Å². The Morgan fingerprint density at radius 1 is 1.03 bits per heavy atom. The van der Waals surface area contributed by atoms with E-state index in [9.17, 15) is 13.2 Å². The first-order chi connectivity index (χ1) is 13.6. The van der Waals surface area contributed by atoms with E-state index in [2.05, 4.69) is 9.64 Å². The van der Waals surface area contributed by atoms with Crippen LogP contribution < -0.4 is 0 Å². The van der Waals surface area contributed by atoms with Crippen LogP contribution in [0.5, 0.6) is 0 Å². The molecule has 0 bridgehead atoms. The number of nitrogens with zero attached hydrogens (tertiary/aromatic N) is 2. The molecule has 1 aliphatic heterocycles. The molecule has 0 saturated carbocycles. The van der Waals surface area contributed by atoms with Gasteiger partial charge in [0, 0.05) is 26.2 Å². The van der Waals surface area contributed by atoms with Crippen LogP contribution in [0.2, 0.25) is 0 Å². The largest absolute Gasteiger partial charge is 0.463 e. The van der Waals surface area contributed by atoms with Gasteiger partial charge in [-0.2, -0.15) is 4.31 Å². The first-order valence-electron chi connectivity index (χ1n) is 9.62. The first kappa shape index (κ1) is 21.5. The zero-order chi connectivity index (χ0) is 21.3. The lowest BCUT2D eigenvalue weighted by molar-refractivity contribution is 0.0560. The highest BCUT2D eigenvalue weighted by atomic mass is 32.2. The van der Waals surface area contributed by atoms with Crippen molar-refractivity contribution in [3.63, 3.8) is 0 Å². The van der Waals surface area contributed by atoms with Gasteiger partial charge in [-0.1, -0.05) is 6.07 Å². The first-order valence-corrected chi connectivity index (χ1v) is 11.1. The third-order valence-corrected chi connectivity index (χ3v) is 7.83. The molecule has 0 aliphatic carbocycles. The molecule has 1 aromatic carbocycles. The van der Waals surface area contributed by atoms with Crippen LogP contribution in [0.3, 0.4) is 0 Å². The van der Waals surface area contributed by atoms with Gasteiger partial charge in [-0.05, 0) is 62.1 Å². The summed E-state index contributed by atoms with van der Waals surface area (Å²) in [6, 6.07) is 5.37. The molecule has 1 saturated heterocycles. The maximum atomic E-state index is 13.3. The lowest BCUT2D eigenvalue weighted by atomic mass is 10.0. The van der Waals surface area contributed by atoms with Gasteiger partial charge in [-0.25, -0.2) is 13.2 Å². The number of methoxy groups -OCH3 is 1. The summed E-state index contributed by atoms with van der Waals surface area (Å²) in [5.74, 6) is 0.318. The molecule has 1 fully saturated rings. The number of benzene rings is 1. The Morgan fingerprint density at radius 2 is 1.62 bits per heavy atom. The maximum absolute atomic E-state index is 13.3. The van der Waals surface area contributed by atoms with Crippen molar-refractivity contribution in [2.45, 2.75) is 39.1 Å². The fraction of sp³-hybridized carbons (Fsp3) is 0.476. The molecule has 2 heterocycles. The van der Waals surface area contributed by atoms with Gasteiger partial charge in [0.05, 0.1) is 18.6 Å². The van der Waals surface area contributed by atoms with Crippen molar-refractivity contribution in [3.8, 4) is 0 Å². The van der Waals surface area contributed by atoms with E-state index < -0.39 is 16.0 Å². The van der Waals surface area contributed by atoms with Crippen LogP contribution in [0, 0.1) is 27.7 Å². The normalized spacial score (nSPS) is 16.2. The Balaban J connectivity index is 1.71. The number of furan rings is 1. The minimum Gasteiger partial charge on any atom is -0.463 e. The van der Waals surface area contributed by atoms with E-state index in [0.29, 0.717) is 43.4 Å². The molecule has 29 heavy (non-hydrogen) atoms. The Labute approximate surface area is 172 Å². The second kappa shape index (κ2) is 8.30. The molecule has 8 heteroatoms. The van der Waals surface area contributed by atoms with Gasteiger partial charge in [-0.3, -0.25) is 4.90 Å². The maximum Gasteiger partial charge on any atom is 0.373 e. The zero-order valence-corrected chi connectivity index (χ0v) is 18.4. The number of piperazine rings is 1. The number of ether oxygens (including phenoxy) is 1. The molecule has 7 nitrogen and oxygen atoms in total. The highest BCUT2D eigenvalue weighted by molar-refractivity contribution is 7.89. The van der Waals surface area contributed by atoms with Crippen molar-refractivity contribution < 1.29 is 22.4 Å². The second-order valence-corrected chi connectivity index (χ2v) is 9.40. The van der Waals surface area contributed by atoms with Gasteiger partial charge < -0.3 is 9.15 Å². The molecule has 2 aromatic rings. The molecule has 0 amide bonds. The fourth-order valence-corrected chi connectivity index (χ4v) is 5.72. The van der Waals surface area contributed by atoms with Gasteiger partial charge in [-0.15, -0.1) is 0 Å². The number of hydrogen-bond acceptors (Lipinski definition) is 6. The highest BCUT2D eigenvalue weighted by Crippen LogP contribution is 2.29. The third-order valence-electron chi connectivity index (χ3n) is 5.65. The van der Waals surface area contributed by atoms with E-state index in [1.54, 1.807) is 16.4 Å². The lowest BCUT2D eigenvalue weighted by Crippen LogP contribution is -2.48. The summed E-state index contributed by atoms with van der Waals surface area (Å²) in [7, 11) is -2.24. The third kappa shape index (κ3) is 4.24. The van der Waals surface area contributed by atoms with E-state index >= 15 is 0 Å². The molecule has 0 unspecified atom stereocenters. The topological polar surface area (TPSA) is 80.1 Å². The number of sulfonamides is 1. The molecule has 158 valence electrons. The van der Waals surface area contributed by atoms with Crippen LogP contribution in [-0.2, 0) is 21.3 Å². The number of carbonyl (C=O) groups is 1. The van der Waals surface area contributed by atoms with E-state index in [1.807, 2.05) is 33.8 Å². The molecule has 0 spiro atoms. The van der Waals surface area contributed by atoms with Crippen LogP contribution >= 0.6 is 0 Å². The summed E-state index contributed by atoms with van der Waals surface area (Å²) in [6.07, 6.45) is 0. The van der Waals surface area contributed by atoms with Crippen molar-refractivity contribution in [2.75, 3.05) is 33.3 Å². The summed E-state index contributed by atoms with van der Waals surface area (Å²) in [5, 5.41) is 0. The van der Waals surface area contributed by atoms with Crippen molar-refractivity contribution >= 4 is 16.0 Å². The van der Waals surface area contributed by atoms with Gasteiger partial charge in [0.2, 0.25) is 15.8 Å². The van der Waals surface area contributed by atoms with E-state index in [1.165, 1.54) is 7.11 Å². The molecular weight excluding hydrogens is 392 g/mol. The minimum absolute atomic E-state index is 0.171. The molecule has 0 radical (unpaired) electrons. The SMILES string of the molecule is COC(=O)c1ccc(CN2CCN(S(=O)(=O)c3c(C)c(C)cc(C)c3C)CC2)o1. The summed E-state index contributed by atoms with van der Waals surface area (Å²) < 4.78 is 38.4. The predicted molar refractivity (Wildman–Crippen MR) is 109 cm³/mol. The Bertz CT molecular complexity index is 992. The van der Waals surface area contributed by atoms with Crippen LogP contribution in [0.1, 0.15) is 38.6 Å². The monoisotopic (exact) mass is 420 g/mol.